The molecule has 1 aliphatic rings. The average molecular weight is 320 g/mol. The molecule has 0 atom stereocenters. The molecule has 1 saturated heterocycles. The van der Waals surface area contributed by atoms with Gasteiger partial charge >= 0.3 is 0 Å². The SMILES string of the molecule is O=Cc1c(C#CC2CCOCC2)cccc1OCc1ccccc1. The van der Waals surface area contributed by atoms with Crippen LogP contribution in [0.25, 0.3) is 0 Å². The lowest BCUT2D eigenvalue weighted by Crippen LogP contribution is -2.13. The van der Waals surface area contributed by atoms with E-state index in [0.717, 1.165) is 43.5 Å². The summed E-state index contributed by atoms with van der Waals surface area (Å²) in [4.78, 5) is 11.5. The van der Waals surface area contributed by atoms with Crippen molar-refractivity contribution in [1.82, 2.24) is 0 Å². The third-order valence-electron chi connectivity index (χ3n) is 4.05. The minimum Gasteiger partial charge on any atom is -0.488 e. The van der Waals surface area contributed by atoms with Crippen LogP contribution in [0.5, 0.6) is 5.75 Å². The average Bonchev–Trinajstić information content (AvgIpc) is 2.66. The molecule has 0 amide bonds. The molecule has 0 aliphatic carbocycles. The third kappa shape index (κ3) is 4.24. The summed E-state index contributed by atoms with van der Waals surface area (Å²) in [6, 6.07) is 15.4. The van der Waals surface area contributed by atoms with E-state index >= 15 is 0 Å². The largest absolute Gasteiger partial charge is 0.488 e. The topological polar surface area (TPSA) is 35.5 Å². The molecular formula is C21H20O3. The Morgan fingerprint density at radius 2 is 1.88 bits per heavy atom. The molecule has 1 heterocycles. The highest BCUT2D eigenvalue weighted by molar-refractivity contribution is 5.83. The number of benzene rings is 2. The van der Waals surface area contributed by atoms with Crippen molar-refractivity contribution in [2.45, 2.75) is 19.4 Å². The molecule has 3 nitrogen and oxygen atoms in total. The fraction of sp³-hybridized carbons (Fsp3) is 0.286. The Kier molecular flexibility index (Phi) is 5.65. The zero-order valence-corrected chi connectivity index (χ0v) is 13.5. The van der Waals surface area contributed by atoms with Gasteiger partial charge in [-0.3, -0.25) is 4.79 Å². The number of carbonyl (C=O) groups excluding carboxylic acids is 1. The Morgan fingerprint density at radius 1 is 1.08 bits per heavy atom. The van der Waals surface area contributed by atoms with Gasteiger partial charge in [0, 0.05) is 24.7 Å². The molecule has 2 aromatic rings. The van der Waals surface area contributed by atoms with Gasteiger partial charge in [-0.1, -0.05) is 48.2 Å². The maximum atomic E-state index is 11.5. The third-order valence-corrected chi connectivity index (χ3v) is 4.05. The fourth-order valence-corrected chi connectivity index (χ4v) is 2.66. The molecule has 0 spiro atoms. The van der Waals surface area contributed by atoms with E-state index in [9.17, 15) is 4.79 Å². The Labute approximate surface area is 142 Å². The maximum Gasteiger partial charge on any atom is 0.155 e. The van der Waals surface area contributed by atoms with Crippen LogP contribution in [0.3, 0.4) is 0 Å². The lowest BCUT2D eigenvalue weighted by molar-refractivity contribution is 0.0807. The van der Waals surface area contributed by atoms with Gasteiger partial charge in [0.05, 0.1) is 5.56 Å². The smallest absolute Gasteiger partial charge is 0.155 e. The molecule has 0 aromatic heterocycles. The van der Waals surface area contributed by atoms with Gasteiger partial charge in [0.15, 0.2) is 6.29 Å². The van der Waals surface area contributed by atoms with Gasteiger partial charge in [0.1, 0.15) is 12.4 Å². The van der Waals surface area contributed by atoms with Crippen LogP contribution in [-0.4, -0.2) is 19.5 Å². The number of hydrogen-bond donors (Lipinski definition) is 0. The fourth-order valence-electron chi connectivity index (χ4n) is 2.66. The van der Waals surface area contributed by atoms with Crippen LogP contribution < -0.4 is 4.74 Å². The summed E-state index contributed by atoms with van der Waals surface area (Å²) in [5.74, 6) is 7.34. The first-order valence-electron chi connectivity index (χ1n) is 8.21. The van der Waals surface area contributed by atoms with Gasteiger partial charge in [-0.2, -0.15) is 0 Å². The molecule has 1 fully saturated rings. The molecule has 0 N–H and O–H groups in total. The van der Waals surface area contributed by atoms with Crippen molar-refractivity contribution in [3.05, 3.63) is 65.2 Å². The minimum absolute atomic E-state index is 0.340. The summed E-state index contributed by atoms with van der Waals surface area (Å²) in [6.45, 7) is 1.96. The van der Waals surface area contributed by atoms with Crippen LogP contribution in [0.1, 0.15) is 34.3 Å². The van der Waals surface area contributed by atoms with Crippen LogP contribution >= 0.6 is 0 Å². The molecule has 24 heavy (non-hydrogen) atoms. The molecule has 2 aromatic carbocycles. The predicted octanol–water partition coefficient (Wildman–Crippen LogP) is 3.86. The van der Waals surface area contributed by atoms with E-state index in [-0.39, 0.29) is 0 Å². The molecule has 0 bridgehead atoms. The molecule has 0 radical (unpaired) electrons. The molecule has 0 unspecified atom stereocenters. The number of aldehydes is 1. The first-order chi connectivity index (χ1) is 11.9. The van der Waals surface area contributed by atoms with Crippen LogP contribution in [0.2, 0.25) is 0 Å². The van der Waals surface area contributed by atoms with Crippen molar-refractivity contribution < 1.29 is 14.3 Å². The highest BCUT2D eigenvalue weighted by Gasteiger charge is 2.11. The van der Waals surface area contributed by atoms with E-state index in [1.54, 1.807) is 0 Å². The summed E-state index contributed by atoms with van der Waals surface area (Å²) in [5, 5.41) is 0. The van der Waals surface area contributed by atoms with Crippen molar-refractivity contribution in [3.8, 4) is 17.6 Å². The van der Waals surface area contributed by atoms with Crippen molar-refractivity contribution in [1.29, 1.82) is 0 Å². The van der Waals surface area contributed by atoms with E-state index in [4.69, 9.17) is 9.47 Å². The molecule has 3 heteroatoms. The Bertz CT molecular complexity index is 735. The molecule has 3 rings (SSSR count). The molecule has 122 valence electrons. The number of carbonyl (C=O) groups is 1. The highest BCUT2D eigenvalue weighted by atomic mass is 16.5. The predicted molar refractivity (Wildman–Crippen MR) is 93.0 cm³/mol. The van der Waals surface area contributed by atoms with E-state index < -0.39 is 0 Å². The number of rotatable bonds is 4. The zero-order valence-electron chi connectivity index (χ0n) is 13.5. The number of ether oxygens (including phenoxy) is 2. The second-order valence-electron chi connectivity index (χ2n) is 5.77. The maximum absolute atomic E-state index is 11.5. The van der Waals surface area contributed by atoms with Crippen LogP contribution in [0, 0.1) is 17.8 Å². The van der Waals surface area contributed by atoms with Gasteiger partial charge in [-0.25, -0.2) is 0 Å². The number of hydrogen-bond acceptors (Lipinski definition) is 3. The molecular weight excluding hydrogens is 300 g/mol. The quantitative estimate of drug-likeness (QED) is 0.634. The summed E-state index contributed by atoms with van der Waals surface area (Å²) in [6.07, 6.45) is 2.73. The Morgan fingerprint density at radius 3 is 2.62 bits per heavy atom. The second kappa shape index (κ2) is 8.33. The minimum atomic E-state index is 0.340. The van der Waals surface area contributed by atoms with Gasteiger partial charge in [-0.15, -0.1) is 0 Å². The lowest BCUT2D eigenvalue weighted by atomic mass is 10.00. The zero-order chi connectivity index (χ0) is 16.6. The van der Waals surface area contributed by atoms with Crippen molar-refractivity contribution in [2.24, 2.45) is 5.92 Å². The first kappa shape index (κ1) is 16.3. The van der Waals surface area contributed by atoms with Crippen molar-refractivity contribution in [2.75, 3.05) is 13.2 Å². The normalized spacial score (nSPS) is 14.5. The van der Waals surface area contributed by atoms with E-state index in [1.165, 1.54) is 0 Å². The summed E-state index contributed by atoms with van der Waals surface area (Å²) in [5.41, 5.74) is 2.31. The van der Waals surface area contributed by atoms with Crippen LogP contribution in [0.15, 0.2) is 48.5 Å². The first-order valence-corrected chi connectivity index (χ1v) is 8.21. The lowest BCUT2D eigenvalue weighted by Gasteiger charge is -2.16. The monoisotopic (exact) mass is 320 g/mol. The van der Waals surface area contributed by atoms with E-state index in [0.29, 0.717) is 23.8 Å². The second-order valence-corrected chi connectivity index (χ2v) is 5.77. The van der Waals surface area contributed by atoms with E-state index in [2.05, 4.69) is 11.8 Å². The van der Waals surface area contributed by atoms with Gasteiger partial charge in [-0.05, 0) is 30.5 Å². The summed E-state index contributed by atoms with van der Waals surface area (Å²) < 4.78 is 11.2. The summed E-state index contributed by atoms with van der Waals surface area (Å²) in [7, 11) is 0. The summed E-state index contributed by atoms with van der Waals surface area (Å²) >= 11 is 0. The Hall–Kier alpha value is -2.57. The van der Waals surface area contributed by atoms with Crippen molar-refractivity contribution >= 4 is 6.29 Å². The molecule has 0 saturated carbocycles. The standard InChI is InChI=1S/C21H20O3/c22-15-20-19(10-9-17-11-13-23-14-12-17)7-4-8-21(20)24-16-18-5-2-1-3-6-18/h1-8,15,17H,11-14,16H2. The van der Waals surface area contributed by atoms with Crippen LogP contribution in [-0.2, 0) is 11.3 Å². The van der Waals surface area contributed by atoms with Gasteiger partial charge in [0.25, 0.3) is 0 Å². The van der Waals surface area contributed by atoms with Gasteiger partial charge in [0.2, 0.25) is 0 Å². The van der Waals surface area contributed by atoms with Gasteiger partial charge < -0.3 is 9.47 Å². The highest BCUT2D eigenvalue weighted by Crippen LogP contribution is 2.22. The van der Waals surface area contributed by atoms with Crippen LogP contribution in [0.4, 0.5) is 0 Å². The Balaban J connectivity index is 1.76. The van der Waals surface area contributed by atoms with E-state index in [1.807, 2.05) is 48.5 Å². The van der Waals surface area contributed by atoms with Crippen molar-refractivity contribution in [3.63, 3.8) is 0 Å². The molecule has 1 aliphatic heterocycles.